The van der Waals surface area contributed by atoms with Crippen LogP contribution < -0.4 is 15.5 Å². The first-order valence-electron chi connectivity index (χ1n) is 15.1. The lowest BCUT2D eigenvalue weighted by molar-refractivity contribution is -0.152. The number of rotatable bonds is 14. The van der Waals surface area contributed by atoms with Crippen LogP contribution in [0.3, 0.4) is 0 Å². The molecule has 11 nitrogen and oxygen atoms in total. The van der Waals surface area contributed by atoms with Crippen molar-refractivity contribution in [3.05, 3.63) is 46.1 Å². The van der Waals surface area contributed by atoms with Gasteiger partial charge in [-0.3, -0.25) is 4.79 Å². The van der Waals surface area contributed by atoms with E-state index in [0.29, 0.717) is 55.7 Å². The van der Waals surface area contributed by atoms with E-state index in [9.17, 15) is 9.59 Å². The molecule has 240 valence electrons. The van der Waals surface area contributed by atoms with Gasteiger partial charge in [0.25, 0.3) is 5.91 Å². The van der Waals surface area contributed by atoms with Crippen molar-refractivity contribution in [3.63, 3.8) is 0 Å². The van der Waals surface area contributed by atoms with E-state index >= 15 is 0 Å². The quantitative estimate of drug-likeness (QED) is 0.279. The smallest absolute Gasteiger partial charge is 0.407 e. The lowest BCUT2D eigenvalue weighted by Crippen LogP contribution is -2.49. The van der Waals surface area contributed by atoms with Crippen LogP contribution in [0.5, 0.6) is 0 Å². The summed E-state index contributed by atoms with van der Waals surface area (Å²) in [6, 6.07) is 7.04. The van der Waals surface area contributed by atoms with Crippen LogP contribution in [-0.2, 0) is 32.1 Å². The zero-order chi connectivity index (χ0) is 31.6. The third kappa shape index (κ3) is 9.82. The lowest BCUT2D eigenvalue weighted by atomic mass is 10.0. The van der Waals surface area contributed by atoms with Crippen LogP contribution in [0.1, 0.15) is 82.4 Å². The zero-order valence-electron chi connectivity index (χ0n) is 26.6. The first kappa shape index (κ1) is 34.6. The van der Waals surface area contributed by atoms with Crippen LogP contribution in [0.2, 0.25) is 5.02 Å². The number of aromatic nitrogens is 2. The predicted molar refractivity (Wildman–Crippen MR) is 167 cm³/mol. The van der Waals surface area contributed by atoms with Gasteiger partial charge < -0.3 is 34.5 Å². The van der Waals surface area contributed by atoms with Gasteiger partial charge in [0.2, 0.25) is 0 Å². The molecule has 1 aliphatic rings. The Morgan fingerprint density at radius 1 is 1.14 bits per heavy atom. The molecule has 43 heavy (non-hydrogen) atoms. The summed E-state index contributed by atoms with van der Waals surface area (Å²) in [4.78, 5) is 28.8. The molecule has 2 aromatic rings. The second-order valence-electron chi connectivity index (χ2n) is 11.5. The second-order valence-corrected chi connectivity index (χ2v) is 11.9. The number of amides is 2. The predicted octanol–water partition coefficient (Wildman–Crippen LogP) is 5.13. The van der Waals surface area contributed by atoms with Crippen LogP contribution in [-0.4, -0.2) is 79.2 Å². The Morgan fingerprint density at radius 2 is 1.84 bits per heavy atom. The van der Waals surface area contributed by atoms with E-state index < -0.39 is 18.0 Å². The van der Waals surface area contributed by atoms with Gasteiger partial charge in [-0.05, 0) is 65.5 Å². The molecule has 0 radical (unpaired) electrons. The summed E-state index contributed by atoms with van der Waals surface area (Å²) in [7, 11) is 1.56. The molecule has 0 aliphatic carbocycles. The summed E-state index contributed by atoms with van der Waals surface area (Å²) in [5, 5.41) is 11.6. The van der Waals surface area contributed by atoms with E-state index in [1.54, 1.807) is 11.8 Å². The molecule has 0 bridgehead atoms. The Bertz CT molecular complexity index is 1190. The second kappa shape index (κ2) is 16.3. The highest BCUT2D eigenvalue weighted by atomic mass is 35.5. The van der Waals surface area contributed by atoms with Gasteiger partial charge in [0.1, 0.15) is 18.0 Å². The number of benzene rings is 1. The Labute approximate surface area is 260 Å². The van der Waals surface area contributed by atoms with Crippen molar-refractivity contribution in [2.45, 2.75) is 97.9 Å². The number of carbonyl (C=O) groups is 2. The third-order valence-corrected chi connectivity index (χ3v) is 7.38. The summed E-state index contributed by atoms with van der Waals surface area (Å²) < 4.78 is 24.2. The average molecular weight is 622 g/mol. The normalized spacial score (nSPS) is 16.3. The minimum Gasteiger partial charge on any atom is -0.444 e. The van der Waals surface area contributed by atoms with Crippen LogP contribution in [0, 0.1) is 0 Å². The molecule has 2 amide bonds. The van der Waals surface area contributed by atoms with E-state index in [1.807, 2.05) is 65.8 Å². The van der Waals surface area contributed by atoms with Gasteiger partial charge in [-0.15, -0.1) is 0 Å². The molecule has 3 rings (SSSR count). The molecule has 1 aromatic heterocycles. The van der Waals surface area contributed by atoms with Gasteiger partial charge >= 0.3 is 6.09 Å². The SMILES string of the molecule is CCOC(OCC)C(CC)NC(=O)c1c(Cc2ccccc2Cl)c(N2CCC[C@@H](NC(=O)OC(C)(C)C)C2)nn1COC. The molecule has 0 spiro atoms. The highest BCUT2D eigenvalue weighted by molar-refractivity contribution is 6.31. The van der Waals surface area contributed by atoms with Gasteiger partial charge in [-0.1, -0.05) is 36.7 Å². The van der Waals surface area contributed by atoms with Crippen molar-refractivity contribution < 1.29 is 28.5 Å². The Hall–Kier alpha value is -2.86. The van der Waals surface area contributed by atoms with E-state index in [-0.39, 0.29) is 24.7 Å². The summed E-state index contributed by atoms with van der Waals surface area (Å²) in [6.45, 7) is 13.5. The number of nitrogens with one attached hydrogen (secondary N) is 2. The maximum atomic E-state index is 14.1. The first-order chi connectivity index (χ1) is 20.5. The van der Waals surface area contributed by atoms with Gasteiger partial charge in [0.05, 0.1) is 6.04 Å². The van der Waals surface area contributed by atoms with Crippen LogP contribution in [0.4, 0.5) is 10.6 Å². The van der Waals surface area contributed by atoms with Gasteiger partial charge in [0, 0.05) is 56.5 Å². The Morgan fingerprint density at radius 3 is 2.44 bits per heavy atom. The third-order valence-electron chi connectivity index (χ3n) is 7.01. The molecule has 2 N–H and O–H groups in total. The van der Waals surface area contributed by atoms with E-state index in [4.69, 9.17) is 35.6 Å². The largest absolute Gasteiger partial charge is 0.444 e. The standard InChI is InChI=1S/C31H48ClN5O6/c1-8-25(29(41-9-2)42-10-3)34-28(38)26-23(18-21-14-11-12-16-24(21)32)27(35-37(26)20-40-7)36-17-13-15-22(19-36)33-30(39)43-31(4,5)6/h11-12,14,16,22,25,29H,8-10,13,15,17-20H2,1-7H3,(H,33,39)(H,34,38)/t22-,25?/m1/s1. The highest BCUT2D eigenvalue weighted by Gasteiger charge is 2.33. The minimum atomic E-state index is -0.596. The van der Waals surface area contributed by atoms with Crippen molar-refractivity contribution in [1.29, 1.82) is 0 Å². The topological polar surface area (TPSA) is 116 Å². The van der Waals surface area contributed by atoms with Crippen molar-refractivity contribution >= 4 is 29.4 Å². The molecule has 1 saturated heterocycles. The fraction of sp³-hybridized carbons (Fsp3) is 0.645. The number of halogens is 1. The Kier molecular flexibility index (Phi) is 13.1. The summed E-state index contributed by atoms with van der Waals surface area (Å²) >= 11 is 6.60. The van der Waals surface area contributed by atoms with Crippen molar-refractivity contribution in [2.75, 3.05) is 38.3 Å². The number of hydrogen-bond acceptors (Lipinski definition) is 8. The number of ether oxygens (including phenoxy) is 4. The maximum Gasteiger partial charge on any atom is 0.407 e. The number of anilines is 1. The van der Waals surface area contributed by atoms with Crippen LogP contribution >= 0.6 is 11.6 Å². The molecule has 2 heterocycles. The maximum absolute atomic E-state index is 14.1. The fourth-order valence-corrected chi connectivity index (χ4v) is 5.38. The van der Waals surface area contributed by atoms with E-state index in [1.165, 1.54) is 0 Å². The summed E-state index contributed by atoms with van der Waals surface area (Å²) in [5.74, 6) is 0.339. The highest BCUT2D eigenvalue weighted by Crippen LogP contribution is 2.31. The van der Waals surface area contributed by atoms with E-state index in [0.717, 1.165) is 24.0 Å². The minimum absolute atomic E-state index is 0.0723. The van der Waals surface area contributed by atoms with Gasteiger partial charge in [-0.2, -0.15) is 5.10 Å². The van der Waals surface area contributed by atoms with Crippen molar-refractivity contribution in [3.8, 4) is 0 Å². The average Bonchev–Trinajstić information content (AvgIpc) is 3.29. The number of carbonyl (C=O) groups excluding carboxylic acids is 2. The number of nitrogens with zero attached hydrogens (tertiary/aromatic N) is 3. The number of alkyl carbamates (subject to hydrolysis) is 1. The molecule has 1 aromatic carbocycles. The first-order valence-corrected chi connectivity index (χ1v) is 15.5. The Balaban J connectivity index is 2.02. The molecular weight excluding hydrogens is 574 g/mol. The molecule has 1 unspecified atom stereocenters. The molecule has 12 heteroatoms. The summed E-state index contributed by atoms with van der Waals surface area (Å²) in [5.41, 5.74) is 1.37. The van der Waals surface area contributed by atoms with Crippen LogP contribution in [0.25, 0.3) is 0 Å². The zero-order valence-corrected chi connectivity index (χ0v) is 27.3. The van der Waals surface area contributed by atoms with Crippen molar-refractivity contribution in [2.24, 2.45) is 0 Å². The molecule has 2 atom stereocenters. The monoisotopic (exact) mass is 621 g/mol. The number of hydrogen-bond donors (Lipinski definition) is 2. The van der Waals surface area contributed by atoms with Crippen molar-refractivity contribution in [1.82, 2.24) is 20.4 Å². The van der Waals surface area contributed by atoms with Crippen LogP contribution in [0.15, 0.2) is 24.3 Å². The summed E-state index contributed by atoms with van der Waals surface area (Å²) in [6.07, 6.45) is 1.56. The molecule has 1 aliphatic heterocycles. The lowest BCUT2D eigenvalue weighted by Gasteiger charge is -2.34. The van der Waals surface area contributed by atoms with E-state index in [2.05, 4.69) is 15.5 Å². The van der Waals surface area contributed by atoms with Gasteiger partial charge in [0.15, 0.2) is 12.1 Å². The van der Waals surface area contributed by atoms with Gasteiger partial charge in [-0.25, -0.2) is 9.48 Å². The number of methoxy groups -OCH3 is 1. The molecule has 1 fully saturated rings. The number of piperidine rings is 1. The molecular formula is C31H48ClN5O6. The fourth-order valence-electron chi connectivity index (χ4n) is 5.18. The molecule has 0 saturated carbocycles.